The molecule has 0 saturated carbocycles. The predicted octanol–water partition coefficient (Wildman–Crippen LogP) is -0.524. The predicted molar refractivity (Wildman–Crippen MR) is 54.2 cm³/mol. The van der Waals surface area contributed by atoms with E-state index in [1.54, 1.807) is 0 Å². The molecule has 4 unspecified atom stereocenters. The zero-order valence-electron chi connectivity index (χ0n) is 8.70. The van der Waals surface area contributed by atoms with Crippen LogP contribution in [-0.4, -0.2) is 49.1 Å². The van der Waals surface area contributed by atoms with Gasteiger partial charge >= 0.3 is 0 Å². The minimum absolute atomic E-state index is 0.127. The normalized spacial score (nSPS) is 44.1. The maximum Gasteiger partial charge on any atom is 0.0948 e. The molecule has 2 aliphatic heterocycles. The molecule has 2 rings (SSSR count). The summed E-state index contributed by atoms with van der Waals surface area (Å²) in [7, 11) is 0. The molecule has 0 aromatic carbocycles. The van der Waals surface area contributed by atoms with Gasteiger partial charge in [0.05, 0.1) is 25.4 Å². The van der Waals surface area contributed by atoms with Crippen LogP contribution in [0.2, 0.25) is 0 Å². The van der Waals surface area contributed by atoms with E-state index in [1.165, 1.54) is 12.8 Å². The van der Waals surface area contributed by atoms with Crippen LogP contribution in [0.4, 0.5) is 0 Å². The quantitative estimate of drug-likeness (QED) is 0.561. The van der Waals surface area contributed by atoms with Crippen LogP contribution in [-0.2, 0) is 4.74 Å². The van der Waals surface area contributed by atoms with Crippen molar-refractivity contribution >= 4 is 0 Å². The monoisotopic (exact) mass is 200 g/mol. The van der Waals surface area contributed by atoms with Crippen LogP contribution in [0, 0.1) is 0 Å². The van der Waals surface area contributed by atoms with Crippen molar-refractivity contribution < 1.29 is 9.84 Å². The first-order chi connectivity index (χ1) is 6.77. The van der Waals surface area contributed by atoms with Crippen molar-refractivity contribution in [1.29, 1.82) is 0 Å². The number of rotatable bonds is 2. The molecule has 0 aromatic heterocycles. The van der Waals surface area contributed by atoms with E-state index < -0.39 is 0 Å². The Morgan fingerprint density at radius 1 is 1.36 bits per heavy atom. The molecule has 4 nitrogen and oxygen atoms in total. The molecule has 0 bridgehead atoms. The van der Waals surface area contributed by atoms with Crippen molar-refractivity contribution in [3.05, 3.63) is 0 Å². The second kappa shape index (κ2) is 4.57. The molecule has 2 saturated heterocycles. The molecule has 2 fully saturated rings. The van der Waals surface area contributed by atoms with E-state index in [9.17, 15) is 5.11 Å². The van der Waals surface area contributed by atoms with Crippen molar-refractivity contribution in [3.63, 3.8) is 0 Å². The van der Waals surface area contributed by atoms with Crippen LogP contribution in [0.1, 0.15) is 19.8 Å². The molecular weight excluding hydrogens is 180 g/mol. The summed E-state index contributed by atoms with van der Waals surface area (Å²) >= 11 is 0. The Balaban J connectivity index is 1.83. The van der Waals surface area contributed by atoms with Gasteiger partial charge in [-0.1, -0.05) is 0 Å². The van der Waals surface area contributed by atoms with Gasteiger partial charge in [0.25, 0.3) is 0 Å². The summed E-state index contributed by atoms with van der Waals surface area (Å²) in [4.78, 5) is 0. The fraction of sp³-hybridized carbons (Fsp3) is 1.00. The standard InChI is InChI=1S/C10H20N2O2/c1-7-8(3-2-4-11-7)12-9-5-14-6-10(9)13/h7-13H,2-6H2,1H3. The second-order valence-electron chi connectivity index (χ2n) is 4.37. The lowest BCUT2D eigenvalue weighted by Crippen LogP contribution is -2.55. The third kappa shape index (κ3) is 2.25. The maximum absolute atomic E-state index is 9.60. The Kier molecular flexibility index (Phi) is 3.38. The topological polar surface area (TPSA) is 53.5 Å². The first-order valence-corrected chi connectivity index (χ1v) is 5.52. The highest BCUT2D eigenvalue weighted by molar-refractivity contribution is 4.90. The summed E-state index contributed by atoms with van der Waals surface area (Å²) < 4.78 is 5.21. The molecular formula is C10H20N2O2. The Morgan fingerprint density at radius 3 is 2.86 bits per heavy atom. The largest absolute Gasteiger partial charge is 0.389 e. The van der Waals surface area contributed by atoms with E-state index in [0.29, 0.717) is 25.3 Å². The summed E-state index contributed by atoms with van der Waals surface area (Å²) in [6.07, 6.45) is 2.08. The first-order valence-electron chi connectivity index (χ1n) is 5.52. The molecule has 82 valence electrons. The molecule has 2 heterocycles. The molecule has 0 spiro atoms. The summed E-state index contributed by atoms with van der Waals surface area (Å²) in [5.41, 5.74) is 0. The second-order valence-corrected chi connectivity index (χ2v) is 4.37. The van der Waals surface area contributed by atoms with Crippen LogP contribution >= 0.6 is 0 Å². The zero-order valence-corrected chi connectivity index (χ0v) is 8.70. The fourth-order valence-electron chi connectivity index (χ4n) is 2.25. The highest BCUT2D eigenvalue weighted by atomic mass is 16.5. The Hall–Kier alpha value is -0.160. The highest BCUT2D eigenvalue weighted by Gasteiger charge is 2.30. The van der Waals surface area contributed by atoms with Gasteiger partial charge in [0.1, 0.15) is 0 Å². The van der Waals surface area contributed by atoms with E-state index in [1.807, 2.05) is 0 Å². The van der Waals surface area contributed by atoms with Gasteiger partial charge in [-0.05, 0) is 26.3 Å². The van der Waals surface area contributed by atoms with Gasteiger partial charge in [-0.3, -0.25) is 0 Å². The Bertz CT molecular complexity index is 189. The molecule has 4 atom stereocenters. The minimum Gasteiger partial charge on any atom is -0.389 e. The number of piperidine rings is 1. The Labute approximate surface area is 85.0 Å². The summed E-state index contributed by atoms with van der Waals surface area (Å²) in [6.45, 7) is 4.43. The average molecular weight is 200 g/mol. The Morgan fingerprint density at radius 2 is 2.21 bits per heavy atom. The molecule has 3 N–H and O–H groups in total. The molecule has 0 amide bonds. The number of aliphatic hydroxyl groups is 1. The van der Waals surface area contributed by atoms with Gasteiger partial charge in [-0.15, -0.1) is 0 Å². The van der Waals surface area contributed by atoms with E-state index in [2.05, 4.69) is 17.6 Å². The van der Waals surface area contributed by atoms with Crippen molar-refractivity contribution in [2.24, 2.45) is 0 Å². The smallest absolute Gasteiger partial charge is 0.0948 e. The van der Waals surface area contributed by atoms with Gasteiger partial charge in [0, 0.05) is 12.1 Å². The van der Waals surface area contributed by atoms with Crippen molar-refractivity contribution in [3.8, 4) is 0 Å². The first kappa shape index (κ1) is 10.4. The lowest BCUT2D eigenvalue weighted by atomic mass is 9.98. The van der Waals surface area contributed by atoms with Gasteiger partial charge < -0.3 is 20.5 Å². The lowest BCUT2D eigenvalue weighted by molar-refractivity contribution is 0.119. The molecule has 0 radical (unpaired) electrons. The van der Waals surface area contributed by atoms with E-state index in [0.717, 1.165) is 6.54 Å². The summed E-state index contributed by atoms with van der Waals surface area (Å²) in [5, 5.41) is 16.5. The molecule has 14 heavy (non-hydrogen) atoms. The maximum atomic E-state index is 9.60. The van der Waals surface area contributed by atoms with Crippen LogP contribution in [0.5, 0.6) is 0 Å². The van der Waals surface area contributed by atoms with Gasteiger partial charge in [0.15, 0.2) is 0 Å². The van der Waals surface area contributed by atoms with Crippen molar-refractivity contribution in [2.45, 2.75) is 44.0 Å². The van der Waals surface area contributed by atoms with Crippen molar-refractivity contribution in [2.75, 3.05) is 19.8 Å². The highest BCUT2D eigenvalue weighted by Crippen LogP contribution is 2.12. The van der Waals surface area contributed by atoms with E-state index in [4.69, 9.17) is 4.74 Å². The summed E-state index contributed by atoms with van der Waals surface area (Å²) in [6, 6.07) is 1.10. The third-order valence-corrected chi connectivity index (χ3v) is 3.24. The van der Waals surface area contributed by atoms with Crippen LogP contribution in [0.3, 0.4) is 0 Å². The number of nitrogens with one attached hydrogen (secondary N) is 2. The van der Waals surface area contributed by atoms with Crippen LogP contribution in [0.15, 0.2) is 0 Å². The fourth-order valence-corrected chi connectivity index (χ4v) is 2.25. The number of aliphatic hydroxyl groups excluding tert-OH is 1. The van der Waals surface area contributed by atoms with Gasteiger partial charge in [-0.25, -0.2) is 0 Å². The third-order valence-electron chi connectivity index (χ3n) is 3.24. The SMILES string of the molecule is CC1NCCCC1NC1COCC1O. The zero-order chi connectivity index (χ0) is 9.97. The minimum atomic E-state index is -0.330. The van der Waals surface area contributed by atoms with E-state index >= 15 is 0 Å². The van der Waals surface area contributed by atoms with Gasteiger partial charge in [-0.2, -0.15) is 0 Å². The molecule has 0 aromatic rings. The van der Waals surface area contributed by atoms with Crippen LogP contribution in [0.25, 0.3) is 0 Å². The number of hydrogen-bond donors (Lipinski definition) is 3. The van der Waals surface area contributed by atoms with E-state index in [-0.39, 0.29) is 12.1 Å². The summed E-state index contributed by atoms with van der Waals surface area (Å²) in [5.74, 6) is 0. The number of ether oxygens (including phenoxy) is 1. The molecule has 0 aliphatic carbocycles. The van der Waals surface area contributed by atoms with Crippen molar-refractivity contribution in [1.82, 2.24) is 10.6 Å². The van der Waals surface area contributed by atoms with Gasteiger partial charge in [0.2, 0.25) is 0 Å². The molecule has 2 aliphatic rings. The average Bonchev–Trinajstić information content (AvgIpc) is 2.56. The molecule has 4 heteroatoms. The lowest BCUT2D eigenvalue weighted by Gasteiger charge is -2.33. The van der Waals surface area contributed by atoms with Crippen LogP contribution < -0.4 is 10.6 Å². The number of hydrogen-bond acceptors (Lipinski definition) is 4.